The molecule has 0 spiro atoms. The molecule has 37 heavy (non-hydrogen) atoms. The first-order valence-corrected chi connectivity index (χ1v) is 12.0. The van der Waals surface area contributed by atoms with Crippen LogP contribution in [0.5, 0.6) is 5.75 Å². The smallest absolute Gasteiger partial charge is 0.416 e. The monoisotopic (exact) mass is 515 g/mol. The van der Waals surface area contributed by atoms with Gasteiger partial charge in [0.1, 0.15) is 17.7 Å². The molecular formula is C29H29F4NO3. The van der Waals surface area contributed by atoms with Gasteiger partial charge in [0.15, 0.2) is 0 Å². The van der Waals surface area contributed by atoms with Crippen molar-refractivity contribution >= 4 is 6.09 Å². The number of halogens is 4. The fourth-order valence-corrected chi connectivity index (χ4v) is 4.84. The molecule has 1 saturated heterocycles. The molecule has 1 fully saturated rings. The highest BCUT2D eigenvalue weighted by molar-refractivity contribution is 5.76. The Balaban J connectivity index is 1.71. The van der Waals surface area contributed by atoms with Crippen LogP contribution in [0.25, 0.3) is 11.1 Å². The predicted molar refractivity (Wildman–Crippen MR) is 133 cm³/mol. The first kappa shape index (κ1) is 26.5. The van der Waals surface area contributed by atoms with Crippen LogP contribution in [0.2, 0.25) is 0 Å². The number of nitrogens with zero attached hydrogens (tertiary/aromatic N) is 1. The first-order valence-electron chi connectivity index (χ1n) is 12.0. The summed E-state index contributed by atoms with van der Waals surface area (Å²) < 4.78 is 60.2. The zero-order valence-corrected chi connectivity index (χ0v) is 21.3. The number of carbonyl (C=O) groups excluding carboxylic acids is 1. The molecule has 196 valence electrons. The van der Waals surface area contributed by atoms with Gasteiger partial charge in [-0.3, -0.25) is 4.90 Å². The second-order valence-corrected chi connectivity index (χ2v) is 10.0. The molecule has 1 amide bonds. The molecule has 1 aliphatic rings. The molecule has 0 saturated carbocycles. The molecule has 1 aliphatic heterocycles. The van der Waals surface area contributed by atoms with E-state index in [1.807, 2.05) is 32.9 Å². The Hall–Kier alpha value is -3.55. The number of carbonyl (C=O) groups is 1. The number of cyclic esters (lactones) is 1. The molecule has 3 aromatic rings. The van der Waals surface area contributed by atoms with Crippen LogP contribution in [0.1, 0.15) is 66.2 Å². The van der Waals surface area contributed by atoms with E-state index in [-0.39, 0.29) is 23.8 Å². The number of hydrogen-bond donors (Lipinski definition) is 1. The van der Waals surface area contributed by atoms with Gasteiger partial charge in [0.05, 0.1) is 18.2 Å². The van der Waals surface area contributed by atoms with Crippen molar-refractivity contribution in [2.75, 3.05) is 0 Å². The van der Waals surface area contributed by atoms with Crippen molar-refractivity contribution in [3.63, 3.8) is 0 Å². The van der Waals surface area contributed by atoms with Gasteiger partial charge in [-0.15, -0.1) is 0 Å². The van der Waals surface area contributed by atoms with Gasteiger partial charge in [-0.05, 0) is 67.1 Å². The summed E-state index contributed by atoms with van der Waals surface area (Å²) in [6.45, 7) is 8.99. The highest BCUT2D eigenvalue weighted by Crippen LogP contribution is 2.40. The van der Waals surface area contributed by atoms with Crippen molar-refractivity contribution in [2.45, 2.75) is 65.4 Å². The Morgan fingerprint density at radius 1 is 1.00 bits per heavy atom. The lowest BCUT2D eigenvalue weighted by molar-refractivity contribution is -0.137. The van der Waals surface area contributed by atoms with Crippen LogP contribution in [-0.2, 0) is 17.5 Å². The van der Waals surface area contributed by atoms with Gasteiger partial charge in [0, 0.05) is 11.6 Å². The molecule has 0 radical (unpaired) electrons. The number of hydrogen-bond acceptors (Lipinski definition) is 3. The molecule has 0 aliphatic carbocycles. The molecule has 4 rings (SSSR count). The first-order chi connectivity index (χ1) is 17.3. The van der Waals surface area contributed by atoms with Crippen molar-refractivity contribution in [1.29, 1.82) is 0 Å². The topological polar surface area (TPSA) is 49.8 Å². The van der Waals surface area contributed by atoms with Crippen molar-refractivity contribution in [1.82, 2.24) is 4.90 Å². The number of aryl methyl sites for hydroxylation is 2. The third-order valence-electron chi connectivity index (χ3n) is 6.78. The average Bonchev–Trinajstić information content (AvgIpc) is 3.07. The summed E-state index contributed by atoms with van der Waals surface area (Å²) in [5.41, 5.74) is 3.02. The fourth-order valence-electron chi connectivity index (χ4n) is 4.84. The highest BCUT2D eigenvalue weighted by Gasteiger charge is 2.41. The van der Waals surface area contributed by atoms with Crippen molar-refractivity contribution in [3.8, 4) is 16.9 Å². The SMILES string of the molecule is Cc1cc([C@H]2OC(=O)N(Cc3cc(C)ccc3-c3cc(C(C)C)c(F)cc3O)[C@H]2C)cc(C(F)(F)F)c1. The lowest BCUT2D eigenvalue weighted by atomic mass is 9.92. The van der Waals surface area contributed by atoms with Crippen LogP contribution < -0.4 is 0 Å². The van der Waals surface area contributed by atoms with Crippen molar-refractivity contribution in [3.05, 3.63) is 87.7 Å². The standard InChI is InChI=1S/C29H29F4NO3/c1-15(2)23-12-24(26(35)13-25(23)30)22-7-6-16(3)8-20(22)14-34-18(5)27(37-28(34)36)19-9-17(4)10-21(11-19)29(31,32)33/h6-13,15,18,27,35H,14H2,1-5H3/t18-,27-/m0/s1. The van der Waals surface area contributed by atoms with Crippen molar-refractivity contribution in [2.24, 2.45) is 0 Å². The molecule has 2 atom stereocenters. The Labute approximate surface area is 213 Å². The third kappa shape index (κ3) is 5.29. The summed E-state index contributed by atoms with van der Waals surface area (Å²) in [4.78, 5) is 14.4. The van der Waals surface area contributed by atoms with E-state index >= 15 is 0 Å². The Bertz CT molecular complexity index is 1350. The lowest BCUT2D eigenvalue weighted by Crippen LogP contribution is -2.31. The van der Waals surface area contributed by atoms with E-state index in [0.29, 0.717) is 27.8 Å². The van der Waals surface area contributed by atoms with Gasteiger partial charge >= 0.3 is 12.3 Å². The number of rotatable bonds is 5. The highest BCUT2D eigenvalue weighted by atomic mass is 19.4. The summed E-state index contributed by atoms with van der Waals surface area (Å²) in [6, 6.07) is 11.4. The predicted octanol–water partition coefficient (Wildman–Crippen LogP) is 8.04. The second-order valence-electron chi connectivity index (χ2n) is 10.0. The molecule has 0 aromatic heterocycles. The molecule has 1 N–H and O–H groups in total. The molecule has 0 bridgehead atoms. The van der Waals surface area contributed by atoms with Crippen molar-refractivity contribution < 1.29 is 32.2 Å². The number of phenols is 1. The van der Waals surface area contributed by atoms with E-state index in [1.165, 1.54) is 4.90 Å². The average molecular weight is 516 g/mol. The van der Waals surface area contributed by atoms with Gasteiger partial charge in [-0.1, -0.05) is 49.2 Å². The quantitative estimate of drug-likeness (QED) is 0.350. The van der Waals surface area contributed by atoms with Crippen LogP contribution in [-0.4, -0.2) is 22.1 Å². The zero-order valence-electron chi connectivity index (χ0n) is 21.3. The number of aromatic hydroxyl groups is 1. The van der Waals surface area contributed by atoms with Crippen LogP contribution in [0.3, 0.4) is 0 Å². The van der Waals surface area contributed by atoms with Crippen LogP contribution in [0.15, 0.2) is 48.5 Å². The van der Waals surface area contributed by atoms with Gasteiger partial charge in [0.25, 0.3) is 0 Å². The maximum Gasteiger partial charge on any atom is 0.416 e. The summed E-state index contributed by atoms with van der Waals surface area (Å²) in [7, 11) is 0. The number of benzene rings is 3. The molecule has 4 nitrogen and oxygen atoms in total. The zero-order chi connectivity index (χ0) is 27.2. The molecule has 1 heterocycles. The summed E-state index contributed by atoms with van der Waals surface area (Å²) in [6.07, 6.45) is -6.05. The minimum atomic E-state index is -4.52. The minimum absolute atomic E-state index is 0.0965. The van der Waals surface area contributed by atoms with E-state index in [0.717, 1.165) is 23.8 Å². The van der Waals surface area contributed by atoms with E-state index in [1.54, 1.807) is 32.0 Å². The minimum Gasteiger partial charge on any atom is -0.507 e. The van der Waals surface area contributed by atoms with Gasteiger partial charge in [0.2, 0.25) is 0 Å². The van der Waals surface area contributed by atoms with E-state index in [2.05, 4.69) is 0 Å². The van der Waals surface area contributed by atoms with Crippen LogP contribution in [0, 0.1) is 19.7 Å². The largest absolute Gasteiger partial charge is 0.507 e. The Morgan fingerprint density at radius 2 is 1.70 bits per heavy atom. The number of amides is 1. The van der Waals surface area contributed by atoms with Gasteiger partial charge in [-0.2, -0.15) is 13.2 Å². The van der Waals surface area contributed by atoms with E-state index in [9.17, 15) is 27.5 Å². The molecule has 8 heteroatoms. The normalized spacial score (nSPS) is 18.0. The number of ether oxygens (including phenoxy) is 1. The second kappa shape index (κ2) is 9.72. The lowest BCUT2D eigenvalue weighted by Gasteiger charge is -2.24. The third-order valence-corrected chi connectivity index (χ3v) is 6.78. The van der Waals surface area contributed by atoms with Gasteiger partial charge in [-0.25, -0.2) is 9.18 Å². The molecular weight excluding hydrogens is 486 g/mol. The van der Waals surface area contributed by atoms with Gasteiger partial charge < -0.3 is 9.84 Å². The number of alkyl halides is 3. The van der Waals surface area contributed by atoms with Crippen LogP contribution in [0.4, 0.5) is 22.4 Å². The molecule has 3 aromatic carbocycles. The summed E-state index contributed by atoms with van der Waals surface area (Å²) >= 11 is 0. The number of phenolic OH excluding ortho intramolecular Hbond substituents is 1. The maximum absolute atomic E-state index is 14.4. The summed E-state index contributed by atoms with van der Waals surface area (Å²) in [5.74, 6) is -0.833. The fraction of sp³-hybridized carbons (Fsp3) is 0.345. The van der Waals surface area contributed by atoms with E-state index < -0.39 is 35.8 Å². The maximum atomic E-state index is 14.4. The Kier molecular flexibility index (Phi) is 6.97. The summed E-state index contributed by atoms with van der Waals surface area (Å²) in [5, 5.41) is 10.6. The van der Waals surface area contributed by atoms with E-state index in [4.69, 9.17) is 4.74 Å². The molecule has 0 unspecified atom stereocenters. The Morgan fingerprint density at radius 3 is 2.35 bits per heavy atom. The van der Waals surface area contributed by atoms with Crippen LogP contribution >= 0.6 is 0 Å².